The lowest BCUT2D eigenvalue weighted by atomic mass is 10.2. The van der Waals surface area contributed by atoms with Gasteiger partial charge in [-0.15, -0.1) is 0 Å². The fourth-order valence-electron chi connectivity index (χ4n) is 1.95. The van der Waals surface area contributed by atoms with Crippen LogP contribution in [0.5, 0.6) is 5.75 Å². The Morgan fingerprint density at radius 1 is 1.19 bits per heavy atom. The molecule has 0 saturated heterocycles. The second kappa shape index (κ2) is 6.34. The molecular formula is C14H15ClN2O3S. The number of hydrogen-bond donors (Lipinski definition) is 2. The van der Waals surface area contributed by atoms with E-state index in [1.165, 1.54) is 6.07 Å². The number of halogens is 1. The van der Waals surface area contributed by atoms with Gasteiger partial charge >= 0.3 is 0 Å². The van der Waals surface area contributed by atoms with Gasteiger partial charge in [0.05, 0.1) is 12.8 Å². The second-order valence-corrected chi connectivity index (χ2v) is 6.25. The van der Waals surface area contributed by atoms with Crippen LogP contribution in [0.25, 0.3) is 0 Å². The van der Waals surface area contributed by atoms with Gasteiger partial charge in [-0.1, -0.05) is 29.8 Å². The van der Waals surface area contributed by atoms with Crippen molar-refractivity contribution < 1.29 is 13.2 Å². The van der Waals surface area contributed by atoms with Gasteiger partial charge in [-0.2, -0.15) is 0 Å². The zero-order chi connectivity index (χ0) is 15.5. The Morgan fingerprint density at radius 2 is 1.90 bits per heavy atom. The van der Waals surface area contributed by atoms with E-state index < -0.39 is 10.0 Å². The minimum absolute atomic E-state index is 0.0380. The van der Waals surface area contributed by atoms with Gasteiger partial charge in [-0.25, -0.2) is 13.6 Å². The molecule has 2 rings (SSSR count). The van der Waals surface area contributed by atoms with Gasteiger partial charge < -0.3 is 10.1 Å². The van der Waals surface area contributed by atoms with Crippen LogP contribution in [-0.4, -0.2) is 15.5 Å². The van der Waals surface area contributed by atoms with E-state index in [0.717, 1.165) is 5.56 Å². The minimum Gasteiger partial charge on any atom is -0.496 e. The zero-order valence-corrected chi connectivity index (χ0v) is 12.9. The van der Waals surface area contributed by atoms with Crippen molar-refractivity contribution in [2.24, 2.45) is 5.14 Å². The first-order chi connectivity index (χ1) is 9.93. The van der Waals surface area contributed by atoms with Gasteiger partial charge in [-0.05, 0) is 24.3 Å². The summed E-state index contributed by atoms with van der Waals surface area (Å²) in [6, 6.07) is 11.7. The predicted molar refractivity (Wildman–Crippen MR) is 83.1 cm³/mol. The van der Waals surface area contributed by atoms with Crippen molar-refractivity contribution in [2.75, 3.05) is 12.4 Å². The molecule has 0 bridgehead atoms. The number of ether oxygens (including phenoxy) is 1. The summed E-state index contributed by atoms with van der Waals surface area (Å²) >= 11 is 6.14. The summed E-state index contributed by atoms with van der Waals surface area (Å²) in [5, 5.41) is 8.76. The average Bonchev–Trinajstić information content (AvgIpc) is 2.45. The van der Waals surface area contributed by atoms with E-state index in [1.54, 1.807) is 43.5 Å². The molecule has 0 radical (unpaired) electrons. The van der Waals surface area contributed by atoms with Crippen molar-refractivity contribution >= 4 is 27.3 Å². The van der Waals surface area contributed by atoms with Crippen LogP contribution in [0, 0.1) is 0 Å². The molecule has 3 N–H and O–H groups in total. The number of sulfonamides is 1. The highest BCUT2D eigenvalue weighted by Crippen LogP contribution is 2.28. The molecule has 0 aliphatic carbocycles. The molecule has 0 heterocycles. The number of nitrogens with two attached hydrogens (primary N) is 1. The molecule has 5 nitrogen and oxygen atoms in total. The number of primary sulfonamides is 1. The zero-order valence-electron chi connectivity index (χ0n) is 11.3. The monoisotopic (exact) mass is 326 g/mol. The molecule has 2 aromatic rings. The van der Waals surface area contributed by atoms with Crippen molar-refractivity contribution in [3.63, 3.8) is 0 Å². The van der Waals surface area contributed by atoms with Gasteiger partial charge in [0.2, 0.25) is 10.0 Å². The highest BCUT2D eigenvalue weighted by Gasteiger charge is 2.14. The Hall–Kier alpha value is -1.76. The Kier molecular flexibility index (Phi) is 4.72. The maximum absolute atomic E-state index is 11.5. The molecule has 0 unspecified atom stereocenters. The predicted octanol–water partition coefficient (Wildman–Crippen LogP) is 2.61. The second-order valence-electron chi connectivity index (χ2n) is 4.32. The summed E-state index contributed by atoms with van der Waals surface area (Å²) in [4.78, 5) is 0.0380. The van der Waals surface area contributed by atoms with Crippen LogP contribution in [0.3, 0.4) is 0 Å². The third-order valence-corrected chi connectivity index (χ3v) is 4.27. The molecule has 0 aliphatic rings. The number of nitrogens with one attached hydrogen (secondary N) is 1. The van der Waals surface area contributed by atoms with Crippen molar-refractivity contribution in [1.82, 2.24) is 0 Å². The van der Waals surface area contributed by atoms with E-state index in [9.17, 15) is 8.42 Å². The quantitative estimate of drug-likeness (QED) is 0.885. The normalized spacial score (nSPS) is 11.2. The Morgan fingerprint density at radius 3 is 2.57 bits per heavy atom. The molecular weight excluding hydrogens is 312 g/mol. The lowest BCUT2D eigenvalue weighted by molar-refractivity contribution is 0.410. The molecule has 0 aromatic heterocycles. The number of para-hydroxylation sites is 1. The smallest absolute Gasteiger partial charge is 0.240 e. The molecule has 2 aromatic carbocycles. The molecule has 7 heteroatoms. The van der Waals surface area contributed by atoms with E-state index in [-0.39, 0.29) is 4.90 Å². The van der Waals surface area contributed by atoms with Crippen LogP contribution >= 0.6 is 11.6 Å². The third-order valence-electron chi connectivity index (χ3n) is 2.94. The van der Waals surface area contributed by atoms with Crippen LogP contribution in [0.2, 0.25) is 5.02 Å². The molecule has 112 valence electrons. The van der Waals surface area contributed by atoms with E-state index in [4.69, 9.17) is 21.5 Å². The number of benzene rings is 2. The van der Waals surface area contributed by atoms with Crippen LogP contribution in [0.1, 0.15) is 5.56 Å². The summed E-state index contributed by atoms with van der Waals surface area (Å²) in [7, 11) is -2.24. The van der Waals surface area contributed by atoms with E-state index in [2.05, 4.69) is 5.32 Å². The number of rotatable bonds is 5. The Labute approximate surface area is 128 Å². The summed E-state index contributed by atoms with van der Waals surface area (Å²) in [6.45, 7) is 0.315. The average molecular weight is 327 g/mol. The lowest BCUT2D eigenvalue weighted by Gasteiger charge is -2.14. The topological polar surface area (TPSA) is 81.4 Å². The number of anilines is 1. The number of methoxy groups -OCH3 is 1. The Balaban J connectivity index is 2.30. The van der Waals surface area contributed by atoms with Gasteiger partial charge in [0.15, 0.2) is 0 Å². The molecule has 0 atom stereocenters. The highest BCUT2D eigenvalue weighted by atomic mass is 35.5. The molecule has 21 heavy (non-hydrogen) atoms. The summed E-state index contributed by atoms with van der Waals surface area (Å²) in [6.07, 6.45) is 0. The molecule has 0 spiro atoms. The first kappa shape index (κ1) is 15.6. The van der Waals surface area contributed by atoms with Gasteiger partial charge in [0.25, 0.3) is 0 Å². The minimum atomic E-state index is -3.79. The maximum atomic E-state index is 11.5. The fourth-order valence-corrected chi connectivity index (χ4v) is 2.89. The van der Waals surface area contributed by atoms with Crippen LogP contribution in [-0.2, 0) is 16.6 Å². The fraction of sp³-hybridized carbons (Fsp3) is 0.143. The van der Waals surface area contributed by atoms with Crippen LogP contribution in [0.15, 0.2) is 47.4 Å². The SMILES string of the molecule is COc1cccc(Cl)c1CNc1ccccc1S(N)(=O)=O. The summed E-state index contributed by atoms with van der Waals surface area (Å²) in [5.74, 6) is 0.628. The Bertz CT molecular complexity index is 748. The largest absolute Gasteiger partial charge is 0.496 e. The first-order valence-electron chi connectivity index (χ1n) is 6.10. The van der Waals surface area contributed by atoms with E-state index in [0.29, 0.717) is 23.0 Å². The third kappa shape index (κ3) is 3.66. The molecule has 0 aliphatic heterocycles. The highest BCUT2D eigenvalue weighted by molar-refractivity contribution is 7.89. The van der Waals surface area contributed by atoms with E-state index >= 15 is 0 Å². The summed E-state index contributed by atoms with van der Waals surface area (Å²) in [5.41, 5.74) is 1.16. The van der Waals surface area contributed by atoms with E-state index in [1.807, 2.05) is 0 Å². The summed E-state index contributed by atoms with van der Waals surface area (Å²) < 4.78 is 28.3. The van der Waals surface area contributed by atoms with Crippen LogP contribution in [0.4, 0.5) is 5.69 Å². The molecule has 0 fully saturated rings. The lowest BCUT2D eigenvalue weighted by Crippen LogP contribution is -2.15. The van der Waals surface area contributed by atoms with Crippen molar-refractivity contribution in [3.05, 3.63) is 53.1 Å². The van der Waals surface area contributed by atoms with Crippen molar-refractivity contribution in [2.45, 2.75) is 11.4 Å². The maximum Gasteiger partial charge on any atom is 0.240 e. The molecule has 0 amide bonds. The molecule has 0 saturated carbocycles. The van der Waals surface area contributed by atoms with Crippen molar-refractivity contribution in [3.8, 4) is 5.75 Å². The van der Waals surface area contributed by atoms with Gasteiger partial charge in [-0.3, -0.25) is 0 Å². The standard InChI is InChI=1S/C14H15ClN2O3S/c1-20-13-7-4-5-11(15)10(13)9-17-12-6-2-3-8-14(12)21(16,18)19/h2-8,17H,9H2,1H3,(H2,16,18,19). The van der Waals surface area contributed by atoms with Crippen LogP contribution < -0.4 is 15.2 Å². The first-order valence-corrected chi connectivity index (χ1v) is 8.03. The van der Waals surface area contributed by atoms with Gasteiger partial charge in [0, 0.05) is 17.1 Å². The van der Waals surface area contributed by atoms with Gasteiger partial charge in [0.1, 0.15) is 10.6 Å². The van der Waals surface area contributed by atoms with Crippen molar-refractivity contribution in [1.29, 1.82) is 0 Å². The number of hydrogen-bond acceptors (Lipinski definition) is 4.